The molecule has 0 unspecified atom stereocenters. The van der Waals surface area contributed by atoms with Gasteiger partial charge in [0.15, 0.2) is 5.78 Å². The summed E-state index contributed by atoms with van der Waals surface area (Å²) < 4.78 is 0. The second-order valence-electron chi connectivity index (χ2n) is 4.59. The fraction of sp³-hybridized carbons (Fsp3) is 0.0556. The number of rotatable bonds is 4. The van der Waals surface area contributed by atoms with E-state index in [1.165, 1.54) is 6.08 Å². The predicted molar refractivity (Wildman–Crippen MR) is 84.4 cm³/mol. The number of allylic oxidation sites excluding steroid dienone is 1. The Kier molecular flexibility index (Phi) is 4.84. The highest BCUT2D eigenvalue weighted by Crippen LogP contribution is 2.09. The summed E-state index contributed by atoms with van der Waals surface area (Å²) in [5.74, 6) is -0.288. The number of nitrogens with one attached hydrogen (secondary N) is 1. The quantitative estimate of drug-likeness (QED) is 0.695. The second kappa shape index (κ2) is 7.00. The van der Waals surface area contributed by atoms with Gasteiger partial charge in [-0.2, -0.15) is 5.26 Å². The molecule has 4 heteroatoms. The Bertz CT molecular complexity index is 751. The lowest BCUT2D eigenvalue weighted by Gasteiger charge is -2.00. The van der Waals surface area contributed by atoms with Crippen LogP contribution in [0.15, 0.2) is 54.6 Å². The lowest BCUT2D eigenvalue weighted by atomic mass is 10.1. The molecule has 0 saturated heterocycles. The first-order valence-electron chi connectivity index (χ1n) is 6.69. The first-order chi connectivity index (χ1) is 10.6. The first kappa shape index (κ1) is 15.2. The van der Waals surface area contributed by atoms with Crippen LogP contribution in [-0.2, 0) is 0 Å². The highest BCUT2D eigenvalue weighted by atomic mass is 16.1. The third-order valence-electron chi connectivity index (χ3n) is 3.13. The zero-order valence-corrected chi connectivity index (χ0v) is 12.0. The summed E-state index contributed by atoms with van der Waals surface area (Å²) in [5.41, 5.74) is 2.44. The van der Waals surface area contributed by atoms with Crippen molar-refractivity contribution >= 4 is 17.8 Å². The predicted octanol–water partition coefficient (Wildman–Crippen LogP) is 2.81. The largest absolute Gasteiger partial charge is 0.355 e. The monoisotopic (exact) mass is 290 g/mol. The summed E-state index contributed by atoms with van der Waals surface area (Å²) in [7, 11) is 1.58. The van der Waals surface area contributed by atoms with Gasteiger partial charge < -0.3 is 5.32 Å². The Hall–Kier alpha value is -3.19. The van der Waals surface area contributed by atoms with Crippen LogP contribution in [0, 0.1) is 11.3 Å². The van der Waals surface area contributed by atoms with E-state index in [0.717, 1.165) is 5.56 Å². The number of hydrogen-bond donors (Lipinski definition) is 1. The molecule has 2 rings (SSSR count). The molecular weight excluding hydrogens is 276 g/mol. The van der Waals surface area contributed by atoms with Crippen LogP contribution >= 0.6 is 0 Å². The molecule has 0 aliphatic carbocycles. The zero-order valence-electron chi connectivity index (χ0n) is 12.0. The molecule has 0 spiro atoms. The molecule has 0 aromatic heterocycles. The van der Waals surface area contributed by atoms with Gasteiger partial charge in [-0.15, -0.1) is 0 Å². The summed E-state index contributed by atoms with van der Waals surface area (Å²) in [6.45, 7) is 0. The van der Waals surface area contributed by atoms with Crippen molar-refractivity contribution in [2.24, 2.45) is 0 Å². The normalized spacial score (nSPS) is 10.2. The van der Waals surface area contributed by atoms with Crippen LogP contribution in [-0.4, -0.2) is 18.7 Å². The van der Waals surface area contributed by atoms with E-state index in [1.807, 2.05) is 6.07 Å². The summed E-state index contributed by atoms with van der Waals surface area (Å²) in [5, 5.41) is 11.3. The molecule has 1 N–H and O–H groups in total. The number of benzene rings is 2. The van der Waals surface area contributed by atoms with E-state index in [2.05, 4.69) is 5.32 Å². The summed E-state index contributed by atoms with van der Waals surface area (Å²) in [4.78, 5) is 23.4. The molecule has 0 atom stereocenters. The van der Waals surface area contributed by atoms with Gasteiger partial charge in [-0.3, -0.25) is 9.59 Å². The Labute approximate surface area is 128 Å². The van der Waals surface area contributed by atoms with Gasteiger partial charge in [0.25, 0.3) is 5.91 Å². The number of ketones is 1. The maximum atomic E-state index is 12.0. The van der Waals surface area contributed by atoms with Gasteiger partial charge in [-0.1, -0.05) is 18.2 Å². The average Bonchev–Trinajstić information content (AvgIpc) is 2.59. The number of hydrogen-bond acceptors (Lipinski definition) is 3. The van der Waals surface area contributed by atoms with Crippen molar-refractivity contribution in [2.75, 3.05) is 7.05 Å². The molecule has 0 aliphatic heterocycles. The van der Waals surface area contributed by atoms with Crippen LogP contribution in [0.2, 0.25) is 0 Å². The topological polar surface area (TPSA) is 70.0 Å². The number of nitriles is 1. The van der Waals surface area contributed by atoms with E-state index >= 15 is 0 Å². The zero-order chi connectivity index (χ0) is 15.9. The molecule has 0 heterocycles. The van der Waals surface area contributed by atoms with Crippen molar-refractivity contribution in [3.63, 3.8) is 0 Å². The number of nitrogens with zero attached hydrogens (tertiary/aromatic N) is 1. The van der Waals surface area contributed by atoms with Gasteiger partial charge in [0.05, 0.1) is 11.6 Å². The Morgan fingerprint density at radius 1 is 1.00 bits per heavy atom. The van der Waals surface area contributed by atoms with Crippen molar-refractivity contribution in [1.82, 2.24) is 5.32 Å². The van der Waals surface area contributed by atoms with Crippen LogP contribution in [0.5, 0.6) is 0 Å². The number of amides is 1. The third kappa shape index (κ3) is 3.68. The molecule has 4 nitrogen and oxygen atoms in total. The molecule has 0 fully saturated rings. The summed E-state index contributed by atoms with van der Waals surface area (Å²) in [6.07, 6.45) is 3.16. The fourth-order valence-corrected chi connectivity index (χ4v) is 1.87. The van der Waals surface area contributed by atoms with Crippen molar-refractivity contribution in [1.29, 1.82) is 5.26 Å². The minimum absolute atomic E-state index is 0.139. The smallest absolute Gasteiger partial charge is 0.251 e. The van der Waals surface area contributed by atoms with Crippen LogP contribution in [0.4, 0.5) is 0 Å². The standard InChI is InChI=1S/C18H14N2O2/c1-20-18(22)16-9-2-13(3-10-16)6-11-17(21)15-7-4-14(12-19)5-8-15/h2-11H,1H3,(H,20,22)/b11-6+. The minimum Gasteiger partial charge on any atom is -0.355 e. The van der Waals surface area contributed by atoms with E-state index in [9.17, 15) is 9.59 Å². The van der Waals surface area contributed by atoms with Crippen molar-refractivity contribution in [3.8, 4) is 6.07 Å². The van der Waals surface area contributed by atoms with E-state index in [4.69, 9.17) is 5.26 Å². The molecule has 22 heavy (non-hydrogen) atoms. The van der Waals surface area contributed by atoms with Crippen molar-refractivity contribution < 1.29 is 9.59 Å². The number of carbonyl (C=O) groups is 2. The van der Waals surface area contributed by atoms with Gasteiger partial charge in [-0.05, 0) is 48.0 Å². The lowest BCUT2D eigenvalue weighted by molar-refractivity contribution is 0.0962. The minimum atomic E-state index is -0.149. The molecule has 108 valence electrons. The third-order valence-corrected chi connectivity index (χ3v) is 3.13. The van der Waals surface area contributed by atoms with Gasteiger partial charge in [0.2, 0.25) is 0 Å². The maximum Gasteiger partial charge on any atom is 0.251 e. The van der Waals surface area contributed by atoms with Crippen LogP contribution in [0.1, 0.15) is 31.8 Å². The molecule has 2 aromatic carbocycles. The van der Waals surface area contributed by atoms with Crippen LogP contribution in [0.25, 0.3) is 6.08 Å². The fourth-order valence-electron chi connectivity index (χ4n) is 1.87. The lowest BCUT2D eigenvalue weighted by Crippen LogP contribution is -2.17. The molecule has 0 aliphatic rings. The molecule has 0 radical (unpaired) electrons. The summed E-state index contributed by atoms with van der Waals surface area (Å²) >= 11 is 0. The Morgan fingerprint density at radius 3 is 2.14 bits per heavy atom. The van der Waals surface area contributed by atoms with Crippen LogP contribution < -0.4 is 5.32 Å². The highest BCUT2D eigenvalue weighted by molar-refractivity contribution is 6.06. The Balaban J connectivity index is 2.09. The van der Waals surface area contributed by atoms with E-state index in [1.54, 1.807) is 61.7 Å². The second-order valence-corrected chi connectivity index (χ2v) is 4.59. The van der Waals surface area contributed by atoms with E-state index < -0.39 is 0 Å². The molecular formula is C18H14N2O2. The number of carbonyl (C=O) groups excluding carboxylic acids is 2. The van der Waals surface area contributed by atoms with Crippen molar-refractivity contribution in [2.45, 2.75) is 0 Å². The molecule has 0 bridgehead atoms. The van der Waals surface area contributed by atoms with Gasteiger partial charge in [0.1, 0.15) is 0 Å². The van der Waals surface area contributed by atoms with Gasteiger partial charge in [0, 0.05) is 18.2 Å². The molecule has 1 amide bonds. The van der Waals surface area contributed by atoms with Crippen LogP contribution in [0.3, 0.4) is 0 Å². The van der Waals surface area contributed by atoms with Gasteiger partial charge in [-0.25, -0.2) is 0 Å². The van der Waals surface area contributed by atoms with Gasteiger partial charge >= 0.3 is 0 Å². The maximum absolute atomic E-state index is 12.0. The highest BCUT2D eigenvalue weighted by Gasteiger charge is 2.03. The summed E-state index contributed by atoms with van der Waals surface area (Å²) in [6, 6.07) is 15.4. The first-order valence-corrected chi connectivity index (χ1v) is 6.69. The average molecular weight is 290 g/mol. The SMILES string of the molecule is CNC(=O)c1ccc(/C=C/C(=O)c2ccc(C#N)cc2)cc1. The molecule has 2 aromatic rings. The molecule has 0 saturated carbocycles. The Morgan fingerprint density at radius 2 is 1.59 bits per heavy atom. The van der Waals surface area contributed by atoms with E-state index in [0.29, 0.717) is 16.7 Å². The van der Waals surface area contributed by atoms with E-state index in [-0.39, 0.29) is 11.7 Å². The van der Waals surface area contributed by atoms with Crippen molar-refractivity contribution in [3.05, 3.63) is 76.9 Å².